The Kier molecular flexibility index (Phi) is 4.85. The Labute approximate surface area is 89.3 Å². The fourth-order valence-corrected chi connectivity index (χ4v) is 1.02. The molecule has 0 spiro atoms. The minimum Gasteiger partial charge on any atom is -0.369 e. The lowest BCUT2D eigenvalue weighted by molar-refractivity contribution is 1.10. The molecule has 0 aliphatic rings. The second-order valence-corrected chi connectivity index (χ2v) is 3.06. The molecule has 1 aromatic rings. The van der Waals surface area contributed by atoms with Crippen LogP contribution in [0.15, 0.2) is 25.0 Å². The number of thiol groups is 1. The number of rotatable bonds is 6. The van der Waals surface area contributed by atoms with Crippen LogP contribution in [0.2, 0.25) is 0 Å². The van der Waals surface area contributed by atoms with E-state index in [2.05, 4.69) is 39.8 Å². The van der Waals surface area contributed by atoms with E-state index >= 15 is 0 Å². The van der Waals surface area contributed by atoms with E-state index in [4.69, 9.17) is 0 Å². The normalized spacial score (nSPS) is 9.50. The van der Waals surface area contributed by atoms with Gasteiger partial charge in [0.1, 0.15) is 18.0 Å². The van der Waals surface area contributed by atoms with Crippen LogP contribution in [0, 0.1) is 0 Å². The van der Waals surface area contributed by atoms with E-state index in [0.29, 0.717) is 6.54 Å². The Morgan fingerprint density at radius 3 is 2.71 bits per heavy atom. The molecule has 0 saturated heterocycles. The molecule has 0 unspecified atom stereocenters. The summed E-state index contributed by atoms with van der Waals surface area (Å²) < 4.78 is 0. The van der Waals surface area contributed by atoms with Gasteiger partial charge in [-0.1, -0.05) is 6.08 Å². The third-order valence-corrected chi connectivity index (χ3v) is 1.74. The van der Waals surface area contributed by atoms with Crippen LogP contribution in [0.25, 0.3) is 0 Å². The summed E-state index contributed by atoms with van der Waals surface area (Å²) in [6.45, 7) is 5.11. The number of hydrogen-bond acceptors (Lipinski definition) is 5. The first-order valence-corrected chi connectivity index (χ1v) is 5.01. The third kappa shape index (κ3) is 3.66. The first kappa shape index (κ1) is 10.8. The van der Waals surface area contributed by atoms with Crippen molar-refractivity contribution >= 4 is 24.3 Å². The molecular formula is C9H14N4S. The Morgan fingerprint density at radius 2 is 2.07 bits per heavy atom. The van der Waals surface area contributed by atoms with E-state index in [1.165, 1.54) is 6.33 Å². The molecule has 0 aliphatic heterocycles. The van der Waals surface area contributed by atoms with Crippen LogP contribution < -0.4 is 10.6 Å². The zero-order valence-electron chi connectivity index (χ0n) is 7.90. The minimum absolute atomic E-state index is 0.697. The number of aromatic nitrogens is 2. The molecule has 5 heteroatoms. The maximum atomic E-state index is 4.10. The summed E-state index contributed by atoms with van der Waals surface area (Å²) >= 11 is 4.10. The van der Waals surface area contributed by atoms with Crippen LogP contribution in [-0.2, 0) is 0 Å². The molecule has 0 fully saturated rings. The lowest BCUT2D eigenvalue weighted by Gasteiger charge is -2.05. The van der Waals surface area contributed by atoms with E-state index in [0.717, 1.165) is 23.9 Å². The maximum Gasteiger partial charge on any atom is 0.131 e. The van der Waals surface area contributed by atoms with Crippen LogP contribution in [-0.4, -0.2) is 28.8 Å². The second-order valence-electron chi connectivity index (χ2n) is 2.61. The van der Waals surface area contributed by atoms with E-state index in [9.17, 15) is 0 Å². The zero-order chi connectivity index (χ0) is 10.2. The Bertz CT molecular complexity index is 290. The summed E-state index contributed by atoms with van der Waals surface area (Å²) in [5, 5.41) is 6.20. The Balaban J connectivity index is 2.54. The van der Waals surface area contributed by atoms with Gasteiger partial charge in [-0.25, -0.2) is 9.97 Å². The topological polar surface area (TPSA) is 49.8 Å². The molecule has 1 heterocycles. The van der Waals surface area contributed by atoms with Crippen molar-refractivity contribution in [3.05, 3.63) is 25.0 Å². The summed E-state index contributed by atoms with van der Waals surface area (Å²) in [6, 6.07) is 1.85. The van der Waals surface area contributed by atoms with Gasteiger partial charge in [0, 0.05) is 24.9 Å². The van der Waals surface area contributed by atoms with Crippen LogP contribution in [0.5, 0.6) is 0 Å². The number of nitrogens with zero attached hydrogens (tertiary/aromatic N) is 2. The first-order valence-electron chi connectivity index (χ1n) is 4.38. The van der Waals surface area contributed by atoms with Gasteiger partial charge in [0.05, 0.1) is 0 Å². The lowest BCUT2D eigenvalue weighted by atomic mass is 10.5. The molecule has 0 bridgehead atoms. The van der Waals surface area contributed by atoms with Gasteiger partial charge in [0.15, 0.2) is 0 Å². The molecule has 0 aromatic carbocycles. The van der Waals surface area contributed by atoms with Crippen LogP contribution in [0.3, 0.4) is 0 Å². The Hall–Kier alpha value is -1.23. The highest BCUT2D eigenvalue weighted by molar-refractivity contribution is 7.80. The highest BCUT2D eigenvalue weighted by atomic mass is 32.1. The van der Waals surface area contributed by atoms with E-state index in [1.807, 2.05) is 6.07 Å². The van der Waals surface area contributed by atoms with E-state index < -0.39 is 0 Å². The molecule has 1 aromatic heterocycles. The molecular weight excluding hydrogens is 196 g/mol. The molecule has 2 N–H and O–H groups in total. The van der Waals surface area contributed by atoms with Crippen molar-refractivity contribution in [1.29, 1.82) is 0 Å². The van der Waals surface area contributed by atoms with Gasteiger partial charge >= 0.3 is 0 Å². The predicted molar refractivity (Wildman–Crippen MR) is 63.1 cm³/mol. The average Bonchev–Trinajstić information content (AvgIpc) is 2.24. The van der Waals surface area contributed by atoms with Crippen molar-refractivity contribution in [2.75, 3.05) is 29.5 Å². The van der Waals surface area contributed by atoms with Crippen molar-refractivity contribution in [1.82, 2.24) is 9.97 Å². The fraction of sp³-hybridized carbons (Fsp3) is 0.333. The third-order valence-electron chi connectivity index (χ3n) is 1.51. The molecule has 0 aliphatic carbocycles. The average molecular weight is 210 g/mol. The highest BCUT2D eigenvalue weighted by Gasteiger charge is 1.95. The van der Waals surface area contributed by atoms with Gasteiger partial charge < -0.3 is 10.6 Å². The number of hydrogen-bond donors (Lipinski definition) is 3. The monoisotopic (exact) mass is 210 g/mol. The summed E-state index contributed by atoms with van der Waals surface area (Å²) in [5.41, 5.74) is 0. The van der Waals surface area contributed by atoms with Crippen molar-refractivity contribution < 1.29 is 0 Å². The van der Waals surface area contributed by atoms with Crippen LogP contribution >= 0.6 is 12.6 Å². The lowest BCUT2D eigenvalue weighted by Crippen LogP contribution is -2.06. The molecule has 0 radical (unpaired) electrons. The van der Waals surface area contributed by atoms with Crippen molar-refractivity contribution in [2.24, 2.45) is 0 Å². The summed E-state index contributed by atoms with van der Waals surface area (Å²) in [4.78, 5) is 8.12. The van der Waals surface area contributed by atoms with Crippen molar-refractivity contribution in [3.8, 4) is 0 Å². The van der Waals surface area contributed by atoms with Gasteiger partial charge in [0.25, 0.3) is 0 Å². The molecule has 14 heavy (non-hydrogen) atoms. The number of anilines is 2. The largest absolute Gasteiger partial charge is 0.369 e. The molecule has 1 rings (SSSR count). The summed E-state index contributed by atoms with van der Waals surface area (Å²) in [7, 11) is 0. The molecule has 76 valence electrons. The van der Waals surface area contributed by atoms with Crippen LogP contribution in [0.1, 0.15) is 0 Å². The standard InChI is InChI=1S/C9H14N4S/c1-2-3-10-8-6-9(11-4-5-14)13-7-12-8/h2,6-7,14H,1,3-5H2,(H2,10,11,12,13). The molecule has 0 amide bonds. The maximum absolute atomic E-state index is 4.10. The SMILES string of the molecule is C=CCNc1cc(NCCS)ncn1. The van der Waals surface area contributed by atoms with Gasteiger partial charge in [-0.05, 0) is 0 Å². The predicted octanol–water partition coefficient (Wildman–Crippen LogP) is 1.42. The van der Waals surface area contributed by atoms with Crippen molar-refractivity contribution in [2.45, 2.75) is 0 Å². The molecule has 4 nitrogen and oxygen atoms in total. The highest BCUT2D eigenvalue weighted by Crippen LogP contribution is 2.07. The quantitative estimate of drug-likeness (QED) is 0.491. The van der Waals surface area contributed by atoms with Gasteiger partial charge in [-0.2, -0.15) is 12.6 Å². The van der Waals surface area contributed by atoms with Gasteiger partial charge in [-0.15, -0.1) is 6.58 Å². The fourth-order valence-electron chi connectivity index (χ4n) is 0.911. The second kappa shape index (κ2) is 6.26. The van der Waals surface area contributed by atoms with E-state index in [1.54, 1.807) is 6.08 Å². The minimum atomic E-state index is 0.697. The van der Waals surface area contributed by atoms with Gasteiger partial charge in [-0.3, -0.25) is 0 Å². The number of nitrogens with one attached hydrogen (secondary N) is 2. The van der Waals surface area contributed by atoms with Crippen LogP contribution in [0.4, 0.5) is 11.6 Å². The smallest absolute Gasteiger partial charge is 0.131 e. The van der Waals surface area contributed by atoms with E-state index in [-0.39, 0.29) is 0 Å². The first-order chi connectivity index (χ1) is 6.86. The molecule has 0 atom stereocenters. The molecule has 0 saturated carbocycles. The summed E-state index contributed by atoms with van der Waals surface area (Å²) in [5.74, 6) is 2.38. The van der Waals surface area contributed by atoms with Crippen molar-refractivity contribution in [3.63, 3.8) is 0 Å². The van der Waals surface area contributed by atoms with Gasteiger partial charge in [0.2, 0.25) is 0 Å². The Morgan fingerprint density at radius 1 is 1.36 bits per heavy atom. The summed E-state index contributed by atoms with van der Waals surface area (Å²) in [6.07, 6.45) is 3.30. The zero-order valence-corrected chi connectivity index (χ0v) is 8.80.